The zero-order valence-corrected chi connectivity index (χ0v) is 12.0. The van der Waals surface area contributed by atoms with Crippen molar-refractivity contribution in [3.8, 4) is 0 Å². The first-order chi connectivity index (χ1) is 10.2. The molecule has 7 heteroatoms. The maximum atomic E-state index is 11.9. The van der Waals surface area contributed by atoms with Gasteiger partial charge in [-0.3, -0.25) is 4.68 Å². The molecule has 2 aromatic rings. The summed E-state index contributed by atoms with van der Waals surface area (Å²) in [7, 11) is 0. The van der Waals surface area contributed by atoms with E-state index >= 15 is 0 Å². The highest BCUT2D eigenvalue weighted by molar-refractivity contribution is 6.33. The molecule has 0 bridgehead atoms. The predicted molar refractivity (Wildman–Crippen MR) is 80.8 cm³/mol. The van der Waals surface area contributed by atoms with Crippen molar-refractivity contribution in [3.63, 3.8) is 0 Å². The van der Waals surface area contributed by atoms with Crippen LogP contribution in [0.25, 0.3) is 0 Å². The smallest absolute Gasteiger partial charge is 0.323 e. The zero-order valence-electron chi connectivity index (χ0n) is 11.3. The summed E-state index contributed by atoms with van der Waals surface area (Å²) in [6.07, 6.45) is 4.35. The van der Waals surface area contributed by atoms with Crippen molar-refractivity contribution < 1.29 is 9.53 Å². The van der Waals surface area contributed by atoms with Gasteiger partial charge in [0.1, 0.15) is 0 Å². The molecule has 0 saturated carbocycles. The van der Waals surface area contributed by atoms with E-state index in [1.54, 1.807) is 36.7 Å². The van der Waals surface area contributed by atoms with Crippen molar-refractivity contribution in [2.75, 3.05) is 23.8 Å². The minimum Gasteiger partial charge on any atom is -0.379 e. The van der Waals surface area contributed by atoms with E-state index in [0.717, 1.165) is 13.0 Å². The Morgan fingerprint density at radius 3 is 3.00 bits per heavy atom. The molecule has 21 heavy (non-hydrogen) atoms. The van der Waals surface area contributed by atoms with Crippen LogP contribution in [0.1, 0.15) is 12.5 Å². The number of para-hydroxylation sites is 1. The van der Waals surface area contributed by atoms with Crippen LogP contribution in [0.15, 0.2) is 36.7 Å². The summed E-state index contributed by atoms with van der Waals surface area (Å²) in [6.45, 7) is 1.41. The van der Waals surface area contributed by atoms with Gasteiger partial charge in [-0.15, -0.1) is 0 Å². The number of hydrogen-bond donors (Lipinski definition) is 2. The van der Waals surface area contributed by atoms with E-state index in [0.29, 0.717) is 23.0 Å². The van der Waals surface area contributed by atoms with Gasteiger partial charge < -0.3 is 15.4 Å². The highest BCUT2D eigenvalue weighted by atomic mass is 35.5. The number of nitrogens with one attached hydrogen (secondary N) is 2. The van der Waals surface area contributed by atoms with Crippen LogP contribution in [0.2, 0.25) is 5.02 Å². The van der Waals surface area contributed by atoms with Gasteiger partial charge in [0.15, 0.2) is 0 Å². The van der Waals surface area contributed by atoms with Crippen LogP contribution in [0.5, 0.6) is 0 Å². The predicted octanol–water partition coefficient (Wildman–Crippen LogP) is 3.14. The number of rotatable bonds is 3. The molecule has 110 valence electrons. The molecule has 1 fully saturated rings. The van der Waals surface area contributed by atoms with Gasteiger partial charge in [0.25, 0.3) is 0 Å². The third-order valence-electron chi connectivity index (χ3n) is 3.26. The molecule has 0 unspecified atom stereocenters. The number of aromatic nitrogens is 2. The SMILES string of the molecule is O=C(Nc1cnn([C@@H]2CCOC2)c1)Nc1ccccc1Cl. The Hall–Kier alpha value is -2.05. The molecule has 2 heterocycles. The average Bonchev–Trinajstić information content (AvgIpc) is 3.12. The first-order valence-corrected chi connectivity index (χ1v) is 7.04. The maximum Gasteiger partial charge on any atom is 0.323 e. The van der Waals surface area contributed by atoms with Crippen molar-refractivity contribution >= 4 is 29.0 Å². The number of nitrogens with zero attached hydrogens (tertiary/aromatic N) is 2. The van der Waals surface area contributed by atoms with Gasteiger partial charge in [-0.1, -0.05) is 23.7 Å². The van der Waals surface area contributed by atoms with Crippen molar-refractivity contribution in [1.82, 2.24) is 9.78 Å². The van der Waals surface area contributed by atoms with Crippen molar-refractivity contribution in [2.45, 2.75) is 12.5 Å². The maximum absolute atomic E-state index is 11.9. The number of carbonyl (C=O) groups excluding carboxylic acids is 1. The minimum absolute atomic E-state index is 0.243. The number of carbonyl (C=O) groups is 1. The number of hydrogen-bond acceptors (Lipinski definition) is 3. The molecule has 1 aliphatic heterocycles. The molecule has 0 radical (unpaired) electrons. The molecule has 2 N–H and O–H groups in total. The molecule has 1 aromatic heterocycles. The van der Waals surface area contributed by atoms with E-state index < -0.39 is 0 Å². The second-order valence-electron chi connectivity index (χ2n) is 4.79. The minimum atomic E-state index is -0.356. The molecule has 1 atom stereocenters. The second-order valence-corrected chi connectivity index (χ2v) is 5.19. The topological polar surface area (TPSA) is 68.2 Å². The number of anilines is 2. The summed E-state index contributed by atoms with van der Waals surface area (Å²) in [5.74, 6) is 0. The highest BCUT2D eigenvalue weighted by Gasteiger charge is 2.18. The number of ether oxygens (including phenoxy) is 1. The van der Waals surface area contributed by atoms with Crippen LogP contribution in [0, 0.1) is 0 Å². The Morgan fingerprint density at radius 1 is 1.38 bits per heavy atom. The Bertz CT molecular complexity index is 637. The number of urea groups is 1. The van der Waals surface area contributed by atoms with Crippen molar-refractivity contribution in [2.24, 2.45) is 0 Å². The molecular weight excluding hydrogens is 292 g/mol. The first-order valence-electron chi connectivity index (χ1n) is 6.67. The van der Waals surface area contributed by atoms with E-state index in [1.165, 1.54) is 0 Å². The van der Waals surface area contributed by atoms with E-state index in [9.17, 15) is 4.79 Å². The lowest BCUT2D eigenvalue weighted by atomic mass is 10.3. The summed E-state index contributed by atoms with van der Waals surface area (Å²) in [5.41, 5.74) is 1.19. The van der Waals surface area contributed by atoms with E-state index in [-0.39, 0.29) is 12.1 Å². The lowest BCUT2D eigenvalue weighted by Crippen LogP contribution is -2.19. The van der Waals surface area contributed by atoms with Gasteiger partial charge in [-0.2, -0.15) is 5.10 Å². The lowest BCUT2D eigenvalue weighted by molar-refractivity contribution is 0.184. The van der Waals surface area contributed by atoms with E-state index in [2.05, 4.69) is 15.7 Å². The van der Waals surface area contributed by atoms with Crippen molar-refractivity contribution in [3.05, 3.63) is 41.7 Å². The molecule has 0 spiro atoms. The van der Waals surface area contributed by atoms with Crippen LogP contribution >= 0.6 is 11.6 Å². The van der Waals surface area contributed by atoms with E-state index in [4.69, 9.17) is 16.3 Å². The molecule has 3 rings (SSSR count). The zero-order chi connectivity index (χ0) is 14.7. The Balaban J connectivity index is 1.61. The highest BCUT2D eigenvalue weighted by Crippen LogP contribution is 2.22. The van der Waals surface area contributed by atoms with Crippen LogP contribution < -0.4 is 10.6 Å². The Kier molecular flexibility index (Phi) is 4.08. The fourth-order valence-electron chi connectivity index (χ4n) is 2.18. The number of amides is 2. The van der Waals surface area contributed by atoms with Gasteiger partial charge in [-0.25, -0.2) is 4.79 Å². The average molecular weight is 307 g/mol. The first kappa shape index (κ1) is 13.9. The van der Waals surface area contributed by atoms with Crippen LogP contribution in [0.4, 0.5) is 16.2 Å². The van der Waals surface area contributed by atoms with Gasteiger partial charge >= 0.3 is 6.03 Å². The van der Waals surface area contributed by atoms with Crippen LogP contribution in [0.3, 0.4) is 0 Å². The van der Waals surface area contributed by atoms with Gasteiger partial charge in [0.2, 0.25) is 0 Å². The summed E-state index contributed by atoms with van der Waals surface area (Å²) in [6, 6.07) is 6.95. The molecule has 2 amide bonds. The second kappa shape index (κ2) is 6.15. The number of benzene rings is 1. The van der Waals surface area contributed by atoms with E-state index in [1.807, 2.05) is 4.68 Å². The molecule has 6 nitrogen and oxygen atoms in total. The van der Waals surface area contributed by atoms with Gasteiger partial charge in [-0.05, 0) is 18.6 Å². The molecule has 1 aliphatic rings. The van der Waals surface area contributed by atoms with Gasteiger partial charge in [0.05, 0.1) is 35.2 Å². The standard InChI is InChI=1S/C14H15ClN4O2/c15-12-3-1-2-4-13(12)18-14(20)17-10-7-16-19(8-10)11-5-6-21-9-11/h1-4,7-8,11H,5-6,9H2,(H2,17,18,20)/t11-/m1/s1. The largest absolute Gasteiger partial charge is 0.379 e. The molecule has 1 saturated heterocycles. The van der Waals surface area contributed by atoms with Gasteiger partial charge in [0, 0.05) is 12.8 Å². The molecule has 1 aromatic carbocycles. The molecule has 0 aliphatic carbocycles. The fraction of sp³-hybridized carbons (Fsp3) is 0.286. The summed E-state index contributed by atoms with van der Waals surface area (Å²) < 4.78 is 7.14. The Labute approximate surface area is 127 Å². The van der Waals surface area contributed by atoms with Crippen LogP contribution in [-0.4, -0.2) is 29.0 Å². The summed E-state index contributed by atoms with van der Waals surface area (Å²) in [4.78, 5) is 11.9. The Morgan fingerprint density at radius 2 is 2.24 bits per heavy atom. The third kappa shape index (κ3) is 3.34. The number of halogens is 1. The summed E-state index contributed by atoms with van der Waals surface area (Å²) >= 11 is 5.99. The fourth-order valence-corrected chi connectivity index (χ4v) is 2.36. The molecular formula is C14H15ClN4O2. The summed E-state index contributed by atoms with van der Waals surface area (Å²) in [5, 5.41) is 10.2. The van der Waals surface area contributed by atoms with Crippen LogP contribution in [-0.2, 0) is 4.74 Å². The normalized spacial score (nSPS) is 17.7. The monoisotopic (exact) mass is 306 g/mol. The lowest BCUT2D eigenvalue weighted by Gasteiger charge is -2.08. The van der Waals surface area contributed by atoms with Crippen molar-refractivity contribution in [1.29, 1.82) is 0 Å². The third-order valence-corrected chi connectivity index (χ3v) is 3.59. The quantitative estimate of drug-likeness (QED) is 0.915.